The zero-order valence-electron chi connectivity index (χ0n) is 14.6. The third-order valence-corrected chi connectivity index (χ3v) is 4.11. The molecule has 0 bridgehead atoms. The van der Waals surface area contributed by atoms with Gasteiger partial charge in [0.05, 0.1) is 20.3 Å². The number of carbonyl (C=O) groups excluding carboxylic acids is 1. The van der Waals surface area contributed by atoms with Gasteiger partial charge in [-0.15, -0.1) is 6.58 Å². The van der Waals surface area contributed by atoms with Gasteiger partial charge in [-0.1, -0.05) is 29.8 Å². The first-order chi connectivity index (χ1) is 12.0. The first kappa shape index (κ1) is 18.9. The molecule has 2 rings (SSSR count). The molecule has 0 spiro atoms. The number of carbonyl (C=O) groups is 1. The van der Waals surface area contributed by atoms with Crippen LogP contribution in [-0.4, -0.2) is 20.1 Å². The van der Waals surface area contributed by atoms with E-state index in [4.69, 9.17) is 21.1 Å². The normalized spacial score (nSPS) is 11.5. The zero-order valence-corrected chi connectivity index (χ0v) is 15.4. The second-order valence-electron chi connectivity index (χ2n) is 5.61. The summed E-state index contributed by atoms with van der Waals surface area (Å²) in [5.74, 6) is 0.933. The predicted molar refractivity (Wildman–Crippen MR) is 101 cm³/mol. The molecule has 132 valence electrons. The SMILES string of the molecule is C=CCc1cc(C(=O)NC(C)c2cccc(Cl)c2)cc(OC)c1OC. The molecule has 0 saturated carbocycles. The van der Waals surface area contributed by atoms with Gasteiger partial charge in [0.25, 0.3) is 5.91 Å². The molecule has 0 aliphatic heterocycles. The van der Waals surface area contributed by atoms with Crippen molar-refractivity contribution in [3.8, 4) is 11.5 Å². The zero-order chi connectivity index (χ0) is 18.4. The molecule has 1 atom stereocenters. The van der Waals surface area contributed by atoms with Crippen molar-refractivity contribution in [1.29, 1.82) is 0 Å². The Morgan fingerprint density at radius 3 is 2.64 bits per heavy atom. The molecule has 0 aliphatic rings. The molecule has 0 aliphatic carbocycles. The van der Waals surface area contributed by atoms with E-state index in [-0.39, 0.29) is 11.9 Å². The summed E-state index contributed by atoms with van der Waals surface area (Å²) in [6, 6.07) is 10.7. The minimum absolute atomic E-state index is 0.179. The Morgan fingerprint density at radius 2 is 2.04 bits per heavy atom. The average Bonchev–Trinajstić information content (AvgIpc) is 2.61. The molecule has 1 unspecified atom stereocenters. The number of allylic oxidation sites excluding steroid dienone is 1. The lowest BCUT2D eigenvalue weighted by Crippen LogP contribution is -2.26. The van der Waals surface area contributed by atoms with Gasteiger partial charge in [-0.05, 0) is 43.2 Å². The predicted octanol–water partition coefficient (Wildman–Crippen LogP) is 4.58. The Kier molecular flexibility index (Phi) is 6.48. The van der Waals surface area contributed by atoms with E-state index in [0.29, 0.717) is 28.5 Å². The van der Waals surface area contributed by atoms with Gasteiger partial charge < -0.3 is 14.8 Å². The summed E-state index contributed by atoms with van der Waals surface area (Å²) < 4.78 is 10.8. The van der Waals surface area contributed by atoms with Crippen LogP contribution in [0.15, 0.2) is 49.1 Å². The standard InChI is InChI=1S/C20H22ClNO3/c1-5-7-15-10-16(12-18(24-3)19(15)25-4)20(23)22-13(2)14-8-6-9-17(21)11-14/h5-6,8-13H,1,7H2,2-4H3,(H,22,23). The number of methoxy groups -OCH3 is 2. The minimum Gasteiger partial charge on any atom is -0.493 e. The molecule has 1 amide bonds. The lowest BCUT2D eigenvalue weighted by molar-refractivity contribution is 0.0939. The number of halogens is 1. The van der Waals surface area contributed by atoms with Crippen molar-refractivity contribution in [3.63, 3.8) is 0 Å². The van der Waals surface area contributed by atoms with Gasteiger partial charge >= 0.3 is 0 Å². The van der Waals surface area contributed by atoms with Crippen LogP contribution in [-0.2, 0) is 6.42 Å². The van der Waals surface area contributed by atoms with E-state index in [1.165, 1.54) is 0 Å². The fourth-order valence-electron chi connectivity index (χ4n) is 2.62. The molecule has 0 radical (unpaired) electrons. The van der Waals surface area contributed by atoms with Gasteiger partial charge in [-0.3, -0.25) is 4.79 Å². The number of hydrogen-bond acceptors (Lipinski definition) is 3. The van der Waals surface area contributed by atoms with Crippen LogP contribution in [0.5, 0.6) is 11.5 Å². The summed E-state index contributed by atoms with van der Waals surface area (Å²) >= 11 is 6.02. The summed E-state index contributed by atoms with van der Waals surface area (Å²) in [6.45, 7) is 5.66. The van der Waals surface area contributed by atoms with Crippen molar-refractivity contribution in [2.24, 2.45) is 0 Å². The lowest BCUT2D eigenvalue weighted by Gasteiger charge is -2.17. The summed E-state index contributed by atoms with van der Waals surface area (Å²) in [6.07, 6.45) is 2.33. The molecular weight excluding hydrogens is 338 g/mol. The third kappa shape index (κ3) is 4.54. The number of hydrogen-bond donors (Lipinski definition) is 1. The third-order valence-electron chi connectivity index (χ3n) is 3.88. The first-order valence-corrected chi connectivity index (χ1v) is 8.30. The van der Waals surface area contributed by atoms with E-state index in [1.54, 1.807) is 38.5 Å². The highest BCUT2D eigenvalue weighted by Gasteiger charge is 2.17. The summed E-state index contributed by atoms with van der Waals surface area (Å²) in [4.78, 5) is 12.7. The van der Waals surface area contributed by atoms with Crippen LogP contribution in [0.2, 0.25) is 5.02 Å². The number of amides is 1. The van der Waals surface area contributed by atoms with Gasteiger partial charge in [-0.25, -0.2) is 0 Å². The van der Waals surface area contributed by atoms with Crippen LogP contribution in [0.4, 0.5) is 0 Å². The molecule has 25 heavy (non-hydrogen) atoms. The van der Waals surface area contributed by atoms with Crippen LogP contribution in [0.1, 0.15) is 34.5 Å². The van der Waals surface area contributed by atoms with Crippen molar-refractivity contribution in [3.05, 3.63) is 70.8 Å². The van der Waals surface area contributed by atoms with Crippen molar-refractivity contribution in [2.45, 2.75) is 19.4 Å². The number of benzene rings is 2. The van der Waals surface area contributed by atoms with Crippen LogP contribution in [0.3, 0.4) is 0 Å². The van der Waals surface area contributed by atoms with Crippen molar-refractivity contribution >= 4 is 17.5 Å². The van der Waals surface area contributed by atoms with E-state index in [1.807, 2.05) is 25.1 Å². The second kappa shape index (κ2) is 8.58. The van der Waals surface area contributed by atoms with Gasteiger partial charge in [0.1, 0.15) is 0 Å². The lowest BCUT2D eigenvalue weighted by atomic mass is 10.0. The van der Waals surface area contributed by atoms with E-state index < -0.39 is 0 Å². The molecule has 4 nitrogen and oxygen atoms in total. The molecule has 2 aromatic rings. The van der Waals surface area contributed by atoms with Crippen molar-refractivity contribution in [2.75, 3.05) is 14.2 Å². The first-order valence-electron chi connectivity index (χ1n) is 7.92. The van der Waals surface area contributed by atoms with Gasteiger partial charge in [-0.2, -0.15) is 0 Å². The van der Waals surface area contributed by atoms with Gasteiger partial charge in [0, 0.05) is 16.1 Å². The molecule has 0 heterocycles. The Morgan fingerprint density at radius 1 is 1.28 bits per heavy atom. The smallest absolute Gasteiger partial charge is 0.251 e. The Balaban J connectivity index is 2.29. The van der Waals surface area contributed by atoms with Crippen molar-refractivity contribution in [1.82, 2.24) is 5.32 Å². The average molecular weight is 360 g/mol. The van der Waals surface area contributed by atoms with E-state index in [9.17, 15) is 4.79 Å². The summed E-state index contributed by atoms with van der Waals surface area (Å²) in [5.41, 5.74) is 2.29. The fraction of sp³-hybridized carbons (Fsp3) is 0.250. The van der Waals surface area contributed by atoms with E-state index >= 15 is 0 Å². The molecule has 0 aromatic heterocycles. The molecular formula is C20H22ClNO3. The molecule has 0 fully saturated rings. The number of nitrogens with one attached hydrogen (secondary N) is 1. The topological polar surface area (TPSA) is 47.6 Å². The van der Waals surface area contributed by atoms with Crippen LogP contribution in [0, 0.1) is 0 Å². The monoisotopic (exact) mass is 359 g/mol. The van der Waals surface area contributed by atoms with Gasteiger partial charge in [0.2, 0.25) is 0 Å². The quantitative estimate of drug-likeness (QED) is 0.736. The molecule has 5 heteroatoms. The summed E-state index contributed by atoms with van der Waals surface area (Å²) in [5, 5.41) is 3.62. The number of rotatable bonds is 7. The maximum atomic E-state index is 12.7. The highest BCUT2D eigenvalue weighted by Crippen LogP contribution is 2.33. The highest BCUT2D eigenvalue weighted by atomic mass is 35.5. The van der Waals surface area contributed by atoms with Crippen LogP contribution in [0.25, 0.3) is 0 Å². The summed E-state index contributed by atoms with van der Waals surface area (Å²) in [7, 11) is 3.12. The largest absolute Gasteiger partial charge is 0.493 e. The molecule has 0 saturated heterocycles. The maximum Gasteiger partial charge on any atom is 0.251 e. The second-order valence-corrected chi connectivity index (χ2v) is 6.05. The minimum atomic E-state index is -0.196. The molecule has 1 N–H and O–H groups in total. The van der Waals surface area contributed by atoms with E-state index in [0.717, 1.165) is 11.1 Å². The fourth-order valence-corrected chi connectivity index (χ4v) is 2.82. The number of ether oxygens (including phenoxy) is 2. The van der Waals surface area contributed by atoms with Crippen LogP contribution >= 0.6 is 11.6 Å². The van der Waals surface area contributed by atoms with Crippen molar-refractivity contribution < 1.29 is 14.3 Å². The Bertz CT molecular complexity index is 774. The Hall–Kier alpha value is -2.46. The highest BCUT2D eigenvalue weighted by molar-refractivity contribution is 6.30. The Labute approximate surface area is 153 Å². The van der Waals surface area contributed by atoms with Crippen LogP contribution < -0.4 is 14.8 Å². The van der Waals surface area contributed by atoms with E-state index in [2.05, 4.69) is 11.9 Å². The maximum absolute atomic E-state index is 12.7. The molecule has 2 aromatic carbocycles. The van der Waals surface area contributed by atoms with Gasteiger partial charge in [0.15, 0.2) is 11.5 Å².